The molecule has 1 fully saturated rings. The number of nitrogens with zero attached hydrogens (tertiary/aromatic N) is 2. The normalized spacial score (nSPS) is 13.7. The molecule has 0 amide bonds. The lowest BCUT2D eigenvalue weighted by atomic mass is 10.4. The van der Waals surface area contributed by atoms with Crippen LogP contribution in [-0.4, -0.2) is 36.1 Å². The third-order valence-corrected chi connectivity index (χ3v) is 3.53. The van der Waals surface area contributed by atoms with Crippen LogP contribution in [0.3, 0.4) is 0 Å². The molecule has 0 atom stereocenters. The van der Waals surface area contributed by atoms with Crippen LogP contribution in [0.15, 0.2) is 47.4 Å². The predicted molar refractivity (Wildman–Crippen MR) is 94.2 cm³/mol. The first kappa shape index (κ1) is 19.6. The number of aryl methyl sites for hydroxylation is 1. The van der Waals surface area contributed by atoms with Gasteiger partial charge in [-0.15, -0.1) is 0 Å². The van der Waals surface area contributed by atoms with Gasteiger partial charge in [0.2, 0.25) is 0 Å². The van der Waals surface area contributed by atoms with E-state index in [1.165, 1.54) is 17.2 Å². The monoisotopic (exact) mass is 357 g/mol. The fourth-order valence-corrected chi connectivity index (χ4v) is 1.81. The van der Waals surface area contributed by atoms with Crippen LogP contribution in [0.2, 0.25) is 10.0 Å². The van der Waals surface area contributed by atoms with Gasteiger partial charge in [-0.2, -0.15) is 5.10 Å². The van der Waals surface area contributed by atoms with Gasteiger partial charge in [0.25, 0.3) is 5.56 Å². The minimum Gasteiger partial charge on any atom is -0.380 e. The smallest absolute Gasteiger partial charge is 0.266 e. The number of nitrogens with one attached hydrogen (secondary N) is 1. The highest BCUT2D eigenvalue weighted by Crippen LogP contribution is 2.19. The second-order valence-electron chi connectivity index (χ2n) is 4.62. The zero-order valence-electron chi connectivity index (χ0n) is 13.0. The van der Waals surface area contributed by atoms with E-state index >= 15 is 0 Å². The molecule has 23 heavy (non-hydrogen) atoms. The number of ether oxygens (including phenoxy) is 1. The van der Waals surface area contributed by atoms with E-state index in [-0.39, 0.29) is 5.56 Å². The standard InChI is InChI=1S/C6H4Cl2.C5H6N2O.C5H11NO/c7-5-3-1-2-4-6(5)8;1-7-5(8)3-2-4-6-7;1-2-6-3-5-7-4-1/h1-4H;2-4H,1H3;6H,1-5H2. The molecular weight excluding hydrogens is 337 g/mol. The van der Waals surface area contributed by atoms with Crippen molar-refractivity contribution in [2.24, 2.45) is 7.05 Å². The summed E-state index contributed by atoms with van der Waals surface area (Å²) < 4.78 is 6.41. The van der Waals surface area contributed by atoms with Gasteiger partial charge in [-0.25, -0.2) is 4.68 Å². The Hall–Kier alpha value is -1.40. The Balaban J connectivity index is 0.000000173. The van der Waals surface area contributed by atoms with Gasteiger partial charge in [0.15, 0.2) is 0 Å². The van der Waals surface area contributed by atoms with Crippen LogP contribution in [0.25, 0.3) is 0 Å². The first-order chi connectivity index (χ1) is 11.1. The molecule has 3 rings (SSSR count). The lowest BCUT2D eigenvalue weighted by Crippen LogP contribution is -2.16. The van der Waals surface area contributed by atoms with E-state index in [0.717, 1.165) is 26.3 Å². The molecule has 2 heterocycles. The van der Waals surface area contributed by atoms with Crippen LogP contribution in [0.5, 0.6) is 0 Å². The summed E-state index contributed by atoms with van der Waals surface area (Å²) in [6.07, 6.45) is 2.74. The van der Waals surface area contributed by atoms with Crippen molar-refractivity contribution < 1.29 is 4.74 Å². The number of hydrogen-bond donors (Lipinski definition) is 1. The summed E-state index contributed by atoms with van der Waals surface area (Å²) in [4.78, 5) is 10.5. The van der Waals surface area contributed by atoms with E-state index in [2.05, 4.69) is 10.4 Å². The largest absolute Gasteiger partial charge is 0.380 e. The van der Waals surface area contributed by atoms with Crippen molar-refractivity contribution in [2.75, 3.05) is 26.3 Å². The summed E-state index contributed by atoms with van der Waals surface area (Å²) in [5.74, 6) is 0. The van der Waals surface area contributed by atoms with Gasteiger partial charge in [0, 0.05) is 32.5 Å². The van der Waals surface area contributed by atoms with Crippen molar-refractivity contribution in [3.63, 3.8) is 0 Å². The molecule has 1 aliphatic rings. The molecule has 0 unspecified atom stereocenters. The van der Waals surface area contributed by atoms with E-state index in [1.807, 2.05) is 12.1 Å². The highest BCUT2D eigenvalue weighted by Gasteiger charge is 1.93. The lowest BCUT2D eigenvalue weighted by Gasteiger charge is -1.91. The quantitative estimate of drug-likeness (QED) is 0.787. The summed E-state index contributed by atoms with van der Waals surface area (Å²) in [7, 11) is 1.61. The number of aromatic nitrogens is 2. The van der Waals surface area contributed by atoms with Crippen LogP contribution >= 0.6 is 23.2 Å². The lowest BCUT2D eigenvalue weighted by molar-refractivity contribution is 0.151. The van der Waals surface area contributed by atoms with E-state index < -0.39 is 0 Å². The second-order valence-corrected chi connectivity index (χ2v) is 5.43. The summed E-state index contributed by atoms with van der Waals surface area (Å²) in [5.41, 5.74) is -0.0764. The molecule has 1 aromatic carbocycles. The zero-order valence-corrected chi connectivity index (χ0v) is 14.6. The first-order valence-corrected chi connectivity index (χ1v) is 8.03. The number of rotatable bonds is 0. The van der Waals surface area contributed by atoms with Crippen molar-refractivity contribution in [2.45, 2.75) is 6.42 Å². The SMILES string of the molecule is C1CNCCOC1.Clc1ccccc1Cl.Cn1ncccc1=O. The fourth-order valence-electron chi connectivity index (χ4n) is 1.54. The van der Waals surface area contributed by atoms with Crippen molar-refractivity contribution in [1.82, 2.24) is 15.1 Å². The third-order valence-electron chi connectivity index (χ3n) is 2.77. The van der Waals surface area contributed by atoms with Crippen molar-refractivity contribution in [1.29, 1.82) is 0 Å². The Morgan fingerprint density at radius 3 is 2.30 bits per heavy atom. The highest BCUT2D eigenvalue weighted by atomic mass is 35.5. The second kappa shape index (κ2) is 12.1. The molecule has 126 valence electrons. The van der Waals surface area contributed by atoms with E-state index in [1.54, 1.807) is 31.4 Å². The van der Waals surface area contributed by atoms with Crippen LogP contribution in [0.4, 0.5) is 0 Å². The molecule has 1 saturated heterocycles. The van der Waals surface area contributed by atoms with Gasteiger partial charge in [-0.05, 0) is 31.2 Å². The number of benzene rings is 1. The molecule has 5 nitrogen and oxygen atoms in total. The first-order valence-electron chi connectivity index (χ1n) is 7.28. The Kier molecular flexibility index (Phi) is 10.3. The molecule has 7 heteroatoms. The Labute approximate surface area is 146 Å². The molecule has 0 radical (unpaired) electrons. The molecule has 1 aliphatic heterocycles. The van der Waals surface area contributed by atoms with Crippen LogP contribution in [0.1, 0.15) is 6.42 Å². The highest BCUT2D eigenvalue weighted by molar-refractivity contribution is 6.41. The van der Waals surface area contributed by atoms with E-state index in [0.29, 0.717) is 10.0 Å². The van der Waals surface area contributed by atoms with E-state index in [9.17, 15) is 4.79 Å². The minimum absolute atomic E-state index is 0.0764. The molecule has 0 bridgehead atoms. The Bertz CT molecular complexity index is 579. The minimum atomic E-state index is -0.0764. The molecule has 1 aromatic heterocycles. The molecule has 0 spiro atoms. The van der Waals surface area contributed by atoms with Gasteiger partial charge in [-0.1, -0.05) is 35.3 Å². The molecular formula is C16H21Cl2N3O2. The van der Waals surface area contributed by atoms with Gasteiger partial charge in [0.05, 0.1) is 16.7 Å². The molecule has 1 N–H and O–H groups in total. The summed E-state index contributed by atoms with van der Waals surface area (Å²) in [6.45, 7) is 3.98. The Morgan fingerprint density at radius 2 is 1.78 bits per heavy atom. The summed E-state index contributed by atoms with van der Waals surface area (Å²) in [6, 6.07) is 10.3. The topological polar surface area (TPSA) is 56.1 Å². The van der Waals surface area contributed by atoms with Gasteiger partial charge < -0.3 is 10.1 Å². The van der Waals surface area contributed by atoms with E-state index in [4.69, 9.17) is 27.9 Å². The zero-order chi connectivity index (χ0) is 16.9. The Morgan fingerprint density at radius 1 is 1.09 bits per heavy atom. The average Bonchev–Trinajstić information content (AvgIpc) is 2.87. The van der Waals surface area contributed by atoms with Crippen LogP contribution in [0, 0.1) is 0 Å². The molecule has 0 aliphatic carbocycles. The predicted octanol–water partition coefficient (Wildman–Crippen LogP) is 2.77. The molecule has 0 saturated carbocycles. The molecule has 2 aromatic rings. The number of halogens is 2. The average molecular weight is 358 g/mol. The van der Waals surface area contributed by atoms with Crippen molar-refractivity contribution in [3.05, 3.63) is 63.0 Å². The van der Waals surface area contributed by atoms with Crippen LogP contribution in [-0.2, 0) is 11.8 Å². The van der Waals surface area contributed by atoms with Gasteiger partial charge in [0.1, 0.15) is 0 Å². The van der Waals surface area contributed by atoms with Gasteiger partial charge in [-0.3, -0.25) is 4.79 Å². The van der Waals surface area contributed by atoms with Crippen LogP contribution < -0.4 is 10.9 Å². The fraction of sp³-hybridized carbons (Fsp3) is 0.375. The number of hydrogen-bond acceptors (Lipinski definition) is 4. The maximum absolute atomic E-state index is 10.5. The van der Waals surface area contributed by atoms with Gasteiger partial charge >= 0.3 is 0 Å². The van der Waals surface area contributed by atoms with Crippen molar-refractivity contribution in [3.8, 4) is 0 Å². The maximum atomic E-state index is 10.5. The summed E-state index contributed by atoms with van der Waals surface area (Å²) in [5, 5.41) is 8.12. The third kappa shape index (κ3) is 9.36. The summed E-state index contributed by atoms with van der Waals surface area (Å²) >= 11 is 11.2. The maximum Gasteiger partial charge on any atom is 0.266 e. The van der Waals surface area contributed by atoms with Crippen molar-refractivity contribution >= 4 is 23.2 Å².